The van der Waals surface area contributed by atoms with Gasteiger partial charge in [0.25, 0.3) is 0 Å². The SMILES string of the molecule is Cc1nn(C(=O)OC(C)(C)C)c2cc(OCCN(CC(O)c3ccc(F)c(N)c3)C(=O)OC(C)(C)C)ccc12. The average Bonchev–Trinajstić information content (AvgIpc) is 3.14. The third kappa shape index (κ3) is 8.06. The average molecular weight is 545 g/mol. The van der Waals surface area contributed by atoms with Gasteiger partial charge < -0.3 is 30.0 Å². The van der Waals surface area contributed by atoms with E-state index in [2.05, 4.69) is 5.10 Å². The molecule has 1 heterocycles. The maximum Gasteiger partial charge on any atom is 0.435 e. The zero-order valence-electron chi connectivity index (χ0n) is 23.4. The molecule has 0 bridgehead atoms. The van der Waals surface area contributed by atoms with Crippen molar-refractivity contribution in [3.8, 4) is 5.75 Å². The lowest BCUT2D eigenvalue weighted by molar-refractivity contribution is 0.0117. The Hall–Kier alpha value is -3.86. The third-order valence-corrected chi connectivity index (χ3v) is 5.48. The van der Waals surface area contributed by atoms with Crippen LogP contribution in [0.4, 0.5) is 19.7 Å². The highest BCUT2D eigenvalue weighted by atomic mass is 19.1. The molecule has 0 saturated heterocycles. The van der Waals surface area contributed by atoms with Gasteiger partial charge in [-0.25, -0.2) is 14.0 Å². The van der Waals surface area contributed by atoms with Gasteiger partial charge in [-0.15, -0.1) is 0 Å². The van der Waals surface area contributed by atoms with Gasteiger partial charge in [-0.05, 0) is 78.3 Å². The summed E-state index contributed by atoms with van der Waals surface area (Å²) in [5.41, 5.74) is 5.62. The molecule has 2 aromatic carbocycles. The fraction of sp³-hybridized carbons (Fsp3) is 0.464. The van der Waals surface area contributed by atoms with E-state index in [1.807, 2.05) is 0 Å². The van der Waals surface area contributed by atoms with Crippen LogP contribution in [0.15, 0.2) is 36.4 Å². The van der Waals surface area contributed by atoms with Crippen LogP contribution in [0.5, 0.6) is 5.75 Å². The topological polar surface area (TPSA) is 129 Å². The van der Waals surface area contributed by atoms with Crippen molar-refractivity contribution in [1.82, 2.24) is 14.7 Å². The molecule has 1 amide bonds. The van der Waals surface area contributed by atoms with Crippen molar-refractivity contribution in [3.63, 3.8) is 0 Å². The van der Waals surface area contributed by atoms with Gasteiger partial charge in [0.15, 0.2) is 0 Å². The number of aryl methyl sites for hydroxylation is 1. The van der Waals surface area contributed by atoms with Crippen LogP contribution in [0.2, 0.25) is 0 Å². The van der Waals surface area contributed by atoms with Crippen molar-refractivity contribution in [2.24, 2.45) is 0 Å². The second kappa shape index (κ2) is 11.5. The number of carbonyl (C=O) groups excluding carboxylic acids is 2. The Labute approximate surface area is 227 Å². The molecule has 212 valence electrons. The first-order chi connectivity index (χ1) is 18.0. The molecule has 1 unspecified atom stereocenters. The minimum Gasteiger partial charge on any atom is -0.492 e. The molecule has 10 nitrogen and oxygen atoms in total. The number of nitrogens with two attached hydrogens (primary N) is 1. The molecule has 39 heavy (non-hydrogen) atoms. The summed E-state index contributed by atoms with van der Waals surface area (Å²) in [6.45, 7) is 12.3. The summed E-state index contributed by atoms with van der Waals surface area (Å²) in [5, 5.41) is 15.8. The number of aliphatic hydroxyl groups is 1. The van der Waals surface area contributed by atoms with E-state index in [9.17, 15) is 19.1 Å². The zero-order chi connectivity index (χ0) is 29.1. The Kier molecular flexibility index (Phi) is 8.74. The number of amides is 1. The van der Waals surface area contributed by atoms with E-state index in [0.29, 0.717) is 22.5 Å². The first-order valence-corrected chi connectivity index (χ1v) is 12.6. The summed E-state index contributed by atoms with van der Waals surface area (Å²) in [5.74, 6) is -0.147. The summed E-state index contributed by atoms with van der Waals surface area (Å²) in [6.07, 6.45) is -2.39. The normalized spacial score (nSPS) is 12.7. The highest BCUT2D eigenvalue weighted by molar-refractivity contribution is 5.90. The molecule has 0 aliphatic rings. The molecule has 0 fully saturated rings. The van der Waals surface area contributed by atoms with Crippen molar-refractivity contribution < 1.29 is 33.3 Å². The molecule has 11 heteroatoms. The smallest absolute Gasteiger partial charge is 0.435 e. The Morgan fingerprint density at radius 1 is 1.08 bits per heavy atom. The molecule has 0 radical (unpaired) electrons. The fourth-order valence-electron chi connectivity index (χ4n) is 3.73. The van der Waals surface area contributed by atoms with Gasteiger partial charge >= 0.3 is 12.2 Å². The number of aromatic nitrogens is 2. The van der Waals surface area contributed by atoms with E-state index in [0.717, 1.165) is 11.5 Å². The summed E-state index contributed by atoms with van der Waals surface area (Å²) >= 11 is 0. The van der Waals surface area contributed by atoms with E-state index in [1.54, 1.807) is 66.7 Å². The predicted octanol–water partition coefficient (Wildman–Crippen LogP) is 5.20. The maximum absolute atomic E-state index is 13.6. The van der Waals surface area contributed by atoms with Crippen LogP contribution in [0.3, 0.4) is 0 Å². The summed E-state index contributed by atoms with van der Waals surface area (Å²) < 4.78 is 31.6. The summed E-state index contributed by atoms with van der Waals surface area (Å²) in [6, 6.07) is 9.11. The minimum atomic E-state index is -1.14. The Morgan fingerprint density at radius 3 is 2.36 bits per heavy atom. The number of aliphatic hydroxyl groups excluding tert-OH is 1. The van der Waals surface area contributed by atoms with Gasteiger partial charge in [0.2, 0.25) is 0 Å². The van der Waals surface area contributed by atoms with Crippen LogP contribution in [0.1, 0.15) is 58.9 Å². The number of ether oxygens (including phenoxy) is 3. The zero-order valence-corrected chi connectivity index (χ0v) is 23.4. The number of carbonyl (C=O) groups is 2. The van der Waals surface area contributed by atoms with Crippen LogP contribution in [0, 0.1) is 12.7 Å². The molecule has 1 aromatic heterocycles. The van der Waals surface area contributed by atoms with Crippen molar-refractivity contribution >= 4 is 28.8 Å². The predicted molar refractivity (Wildman–Crippen MR) is 145 cm³/mol. The number of rotatable bonds is 7. The number of nitrogen functional groups attached to an aromatic ring is 1. The fourth-order valence-corrected chi connectivity index (χ4v) is 3.73. The number of halogens is 1. The first kappa shape index (κ1) is 29.7. The maximum atomic E-state index is 13.6. The summed E-state index contributed by atoms with van der Waals surface area (Å²) in [4.78, 5) is 26.9. The van der Waals surface area contributed by atoms with Crippen LogP contribution >= 0.6 is 0 Å². The van der Waals surface area contributed by atoms with Gasteiger partial charge in [-0.2, -0.15) is 9.78 Å². The number of hydrogen-bond donors (Lipinski definition) is 2. The second-order valence-corrected chi connectivity index (χ2v) is 11.2. The number of benzene rings is 2. The molecule has 0 aliphatic carbocycles. The minimum absolute atomic E-state index is 0.0581. The Morgan fingerprint density at radius 2 is 1.74 bits per heavy atom. The Balaban J connectivity index is 1.76. The number of nitrogens with zero attached hydrogens (tertiary/aromatic N) is 3. The third-order valence-electron chi connectivity index (χ3n) is 5.48. The number of fused-ring (bicyclic) bond motifs is 1. The standard InChI is InChI=1S/C28H37FN4O6/c1-17-20-10-9-19(15-23(20)33(31-17)26(36)39-28(5,6)7)37-13-12-32(25(35)38-27(2,3)4)16-24(34)18-8-11-21(29)22(30)14-18/h8-11,14-15,24,34H,12-13,16,30H2,1-7H3. The highest BCUT2D eigenvalue weighted by Crippen LogP contribution is 2.25. The molecular weight excluding hydrogens is 507 g/mol. The lowest BCUT2D eigenvalue weighted by Gasteiger charge is -2.29. The van der Waals surface area contributed by atoms with Crippen molar-refractivity contribution in [2.45, 2.75) is 65.8 Å². The lowest BCUT2D eigenvalue weighted by Crippen LogP contribution is -2.41. The highest BCUT2D eigenvalue weighted by Gasteiger charge is 2.25. The van der Waals surface area contributed by atoms with E-state index in [1.165, 1.54) is 21.7 Å². The van der Waals surface area contributed by atoms with Gasteiger partial charge in [-0.3, -0.25) is 0 Å². The van der Waals surface area contributed by atoms with E-state index in [-0.39, 0.29) is 25.4 Å². The quantitative estimate of drug-likeness (QED) is 0.389. The van der Waals surface area contributed by atoms with Crippen LogP contribution in [-0.2, 0) is 9.47 Å². The van der Waals surface area contributed by atoms with E-state index >= 15 is 0 Å². The van der Waals surface area contributed by atoms with Gasteiger partial charge in [0, 0.05) is 11.5 Å². The van der Waals surface area contributed by atoms with Gasteiger partial charge in [0.05, 0.1) is 36.1 Å². The molecule has 3 N–H and O–H groups in total. The molecular formula is C28H37FN4O6. The monoisotopic (exact) mass is 544 g/mol. The number of hydrogen-bond acceptors (Lipinski definition) is 8. The molecule has 1 atom stereocenters. The van der Waals surface area contributed by atoms with Gasteiger partial charge in [0.1, 0.15) is 29.4 Å². The second-order valence-electron chi connectivity index (χ2n) is 11.2. The molecule has 3 aromatic rings. The molecule has 0 spiro atoms. The molecule has 0 aliphatic heterocycles. The van der Waals surface area contributed by atoms with Gasteiger partial charge in [-0.1, -0.05) is 6.07 Å². The first-order valence-electron chi connectivity index (χ1n) is 12.6. The number of anilines is 1. The van der Waals surface area contributed by atoms with E-state index < -0.39 is 35.3 Å². The molecule has 3 rings (SSSR count). The van der Waals surface area contributed by atoms with Crippen molar-refractivity contribution in [3.05, 3.63) is 53.5 Å². The van der Waals surface area contributed by atoms with Crippen LogP contribution in [-0.4, -0.2) is 62.9 Å². The van der Waals surface area contributed by atoms with Crippen molar-refractivity contribution in [2.75, 3.05) is 25.4 Å². The Bertz CT molecular complexity index is 1340. The van der Waals surface area contributed by atoms with Crippen LogP contribution < -0.4 is 10.5 Å². The largest absolute Gasteiger partial charge is 0.492 e. The van der Waals surface area contributed by atoms with Crippen molar-refractivity contribution in [1.29, 1.82) is 0 Å². The van der Waals surface area contributed by atoms with Crippen LogP contribution in [0.25, 0.3) is 10.9 Å². The summed E-state index contributed by atoms with van der Waals surface area (Å²) in [7, 11) is 0. The van der Waals surface area contributed by atoms with E-state index in [4.69, 9.17) is 19.9 Å². The lowest BCUT2D eigenvalue weighted by atomic mass is 10.1. The molecule has 0 saturated carbocycles.